The van der Waals surface area contributed by atoms with Crippen LogP contribution in [-0.2, 0) is 24.1 Å². The van der Waals surface area contributed by atoms with Gasteiger partial charge in [-0.05, 0) is 42.4 Å². The first kappa shape index (κ1) is 9.25. The van der Waals surface area contributed by atoms with Gasteiger partial charge in [0, 0.05) is 0 Å². The van der Waals surface area contributed by atoms with E-state index in [0.29, 0.717) is 6.42 Å². The summed E-state index contributed by atoms with van der Waals surface area (Å²) in [6, 6.07) is 6.31. The van der Waals surface area contributed by atoms with Crippen LogP contribution in [0.25, 0.3) is 0 Å². The van der Waals surface area contributed by atoms with Crippen LogP contribution in [0.4, 0.5) is 0 Å². The Morgan fingerprint density at radius 2 is 1.93 bits per heavy atom. The third kappa shape index (κ3) is 1.95. The summed E-state index contributed by atoms with van der Waals surface area (Å²) in [5, 5.41) is 0. The number of carbonyl (C=O) groups excluding carboxylic acids is 1. The standard InChI is InChI=1S/C12H15NO/c13-12(14)8-9-5-6-10-3-1-2-4-11(10)7-9/h5-7H,1-4,8H2,(H2,13,14). The Bertz CT molecular complexity index is 357. The lowest BCUT2D eigenvalue weighted by molar-refractivity contribution is -0.117. The molecule has 0 aliphatic heterocycles. The van der Waals surface area contributed by atoms with E-state index in [4.69, 9.17) is 5.73 Å². The number of rotatable bonds is 2. The lowest BCUT2D eigenvalue weighted by atomic mass is 9.90. The minimum Gasteiger partial charge on any atom is -0.369 e. The van der Waals surface area contributed by atoms with Crippen molar-refractivity contribution in [2.45, 2.75) is 32.1 Å². The summed E-state index contributed by atoms with van der Waals surface area (Å²) in [5.74, 6) is -0.249. The predicted octanol–water partition coefficient (Wildman–Crippen LogP) is 1.59. The average Bonchev–Trinajstić information content (AvgIpc) is 2.17. The number of amides is 1. The summed E-state index contributed by atoms with van der Waals surface area (Å²) in [6.45, 7) is 0. The van der Waals surface area contributed by atoms with Crippen molar-refractivity contribution in [3.63, 3.8) is 0 Å². The zero-order valence-corrected chi connectivity index (χ0v) is 8.25. The molecule has 1 amide bonds. The molecule has 0 fully saturated rings. The topological polar surface area (TPSA) is 43.1 Å². The molecule has 0 bridgehead atoms. The number of primary amides is 1. The highest BCUT2D eigenvalue weighted by Gasteiger charge is 2.09. The Morgan fingerprint density at radius 3 is 2.64 bits per heavy atom. The van der Waals surface area contributed by atoms with Gasteiger partial charge in [-0.15, -0.1) is 0 Å². The fourth-order valence-corrected chi connectivity index (χ4v) is 2.10. The maximum Gasteiger partial charge on any atom is 0.221 e. The number of hydrogen-bond acceptors (Lipinski definition) is 1. The monoisotopic (exact) mass is 189 g/mol. The van der Waals surface area contributed by atoms with Crippen molar-refractivity contribution in [1.29, 1.82) is 0 Å². The molecule has 0 aromatic heterocycles. The molecule has 0 radical (unpaired) electrons. The van der Waals surface area contributed by atoms with E-state index in [-0.39, 0.29) is 5.91 Å². The smallest absolute Gasteiger partial charge is 0.221 e. The molecule has 0 saturated carbocycles. The minimum absolute atomic E-state index is 0.249. The maximum absolute atomic E-state index is 10.8. The second-order valence-electron chi connectivity index (χ2n) is 3.95. The maximum atomic E-state index is 10.8. The average molecular weight is 189 g/mol. The molecule has 2 rings (SSSR count). The van der Waals surface area contributed by atoms with Crippen LogP contribution in [0.15, 0.2) is 18.2 Å². The molecular formula is C12H15NO. The van der Waals surface area contributed by atoms with E-state index in [1.807, 2.05) is 6.07 Å². The third-order valence-electron chi connectivity index (χ3n) is 2.79. The number of benzene rings is 1. The Hall–Kier alpha value is -1.31. The van der Waals surface area contributed by atoms with E-state index in [0.717, 1.165) is 12.0 Å². The van der Waals surface area contributed by atoms with E-state index in [9.17, 15) is 4.79 Å². The second-order valence-corrected chi connectivity index (χ2v) is 3.95. The molecule has 2 nitrogen and oxygen atoms in total. The first-order valence-corrected chi connectivity index (χ1v) is 5.15. The molecule has 2 N–H and O–H groups in total. The van der Waals surface area contributed by atoms with E-state index >= 15 is 0 Å². The highest BCUT2D eigenvalue weighted by Crippen LogP contribution is 2.22. The first-order valence-electron chi connectivity index (χ1n) is 5.15. The van der Waals surface area contributed by atoms with Crippen molar-refractivity contribution >= 4 is 5.91 Å². The van der Waals surface area contributed by atoms with Gasteiger partial charge in [-0.2, -0.15) is 0 Å². The van der Waals surface area contributed by atoms with Gasteiger partial charge >= 0.3 is 0 Å². The van der Waals surface area contributed by atoms with Gasteiger partial charge in [0.05, 0.1) is 6.42 Å². The molecule has 1 aliphatic carbocycles. The molecule has 1 aromatic carbocycles. The lowest BCUT2D eigenvalue weighted by Gasteiger charge is -2.16. The lowest BCUT2D eigenvalue weighted by Crippen LogP contribution is -2.14. The summed E-state index contributed by atoms with van der Waals surface area (Å²) in [6.07, 6.45) is 5.27. The minimum atomic E-state index is -0.249. The van der Waals surface area contributed by atoms with Gasteiger partial charge in [0.25, 0.3) is 0 Å². The SMILES string of the molecule is NC(=O)Cc1ccc2c(c1)CCCC2. The summed E-state index contributed by atoms with van der Waals surface area (Å²) in [4.78, 5) is 10.8. The van der Waals surface area contributed by atoms with E-state index in [1.165, 1.54) is 30.4 Å². The summed E-state index contributed by atoms with van der Waals surface area (Å²) < 4.78 is 0. The van der Waals surface area contributed by atoms with Crippen molar-refractivity contribution in [3.05, 3.63) is 34.9 Å². The molecular weight excluding hydrogens is 174 g/mol. The van der Waals surface area contributed by atoms with Crippen molar-refractivity contribution in [2.75, 3.05) is 0 Å². The molecule has 1 aromatic rings. The van der Waals surface area contributed by atoms with Gasteiger partial charge in [-0.3, -0.25) is 4.79 Å². The van der Waals surface area contributed by atoms with Crippen molar-refractivity contribution in [3.8, 4) is 0 Å². The van der Waals surface area contributed by atoms with Gasteiger partial charge in [0.1, 0.15) is 0 Å². The van der Waals surface area contributed by atoms with E-state index < -0.39 is 0 Å². The number of aryl methyl sites for hydroxylation is 2. The van der Waals surface area contributed by atoms with Crippen molar-refractivity contribution in [1.82, 2.24) is 0 Å². The summed E-state index contributed by atoms with van der Waals surface area (Å²) >= 11 is 0. The van der Waals surface area contributed by atoms with Crippen LogP contribution in [0, 0.1) is 0 Å². The van der Waals surface area contributed by atoms with Crippen LogP contribution in [0.2, 0.25) is 0 Å². The molecule has 2 heteroatoms. The highest BCUT2D eigenvalue weighted by atomic mass is 16.1. The van der Waals surface area contributed by atoms with Gasteiger partial charge in [0.15, 0.2) is 0 Å². The van der Waals surface area contributed by atoms with Gasteiger partial charge < -0.3 is 5.73 Å². The molecule has 74 valence electrons. The van der Waals surface area contributed by atoms with Gasteiger partial charge in [0.2, 0.25) is 5.91 Å². The van der Waals surface area contributed by atoms with Crippen molar-refractivity contribution in [2.24, 2.45) is 5.73 Å². The van der Waals surface area contributed by atoms with Crippen LogP contribution in [0.1, 0.15) is 29.5 Å². The zero-order chi connectivity index (χ0) is 9.97. The van der Waals surface area contributed by atoms with Crippen molar-refractivity contribution < 1.29 is 4.79 Å². The van der Waals surface area contributed by atoms with E-state index in [1.54, 1.807) is 0 Å². The summed E-state index contributed by atoms with van der Waals surface area (Å²) in [7, 11) is 0. The molecule has 14 heavy (non-hydrogen) atoms. The van der Waals surface area contributed by atoms with Crippen LogP contribution in [0.5, 0.6) is 0 Å². The normalized spacial score (nSPS) is 14.9. The number of nitrogens with two attached hydrogens (primary N) is 1. The number of fused-ring (bicyclic) bond motifs is 1. The molecule has 1 aliphatic rings. The number of hydrogen-bond donors (Lipinski definition) is 1. The van der Waals surface area contributed by atoms with Crippen LogP contribution in [0.3, 0.4) is 0 Å². The fraction of sp³-hybridized carbons (Fsp3) is 0.417. The Balaban J connectivity index is 2.24. The first-order chi connectivity index (χ1) is 6.75. The largest absolute Gasteiger partial charge is 0.369 e. The summed E-state index contributed by atoms with van der Waals surface area (Å²) in [5.41, 5.74) is 9.08. The second kappa shape index (κ2) is 3.82. The Kier molecular flexibility index (Phi) is 2.53. The third-order valence-corrected chi connectivity index (χ3v) is 2.79. The molecule has 0 saturated heterocycles. The fourth-order valence-electron chi connectivity index (χ4n) is 2.10. The quantitative estimate of drug-likeness (QED) is 0.754. The Labute approximate surface area is 84.1 Å². The number of carbonyl (C=O) groups is 1. The zero-order valence-electron chi connectivity index (χ0n) is 8.25. The van der Waals surface area contributed by atoms with Crippen LogP contribution >= 0.6 is 0 Å². The van der Waals surface area contributed by atoms with E-state index in [2.05, 4.69) is 12.1 Å². The molecule has 0 atom stereocenters. The molecule has 0 heterocycles. The van der Waals surface area contributed by atoms with Crippen LogP contribution in [-0.4, -0.2) is 5.91 Å². The highest BCUT2D eigenvalue weighted by molar-refractivity contribution is 5.76. The molecule has 0 spiro atoms. The van der Waals surface area contributed by atoms with Gasteiger partial charge in [-0.25, -0.2) is 0 Å². The van der Waals surface area contributed by atoms with Crippen LogP contribution < -0.4 is 5.73 Å². The Morgan fingerprint density at radius 1 is 1.21 bits per heavy atom. The van der Waals surface area contributed by atoms with Gasteiger partial charge in [-0.1, -0.05) is 18.2 Å². The molecule has 0 unspecified atom stereocenters. The predicted molar refractivity (Wildman–Crippen MR) is 56.0 cm³/mol.